The average Bonchev–Trinajstić information content (AvgIpc) is 2.80. The molecular formula is C15H29N5. The van der Waals surface area contributed by atoms with Crippen LogP contribution < -0.4 is 5.32 Å². The van der Waals surface area contributed by atoms with Crippen LogP contribution in [-0.4, -0.2) is 44.8 Å². The molecule has 1 aliphatic heterocycles. The molecule has 2 atom stereocenters. The van der Waals surface area contributed by atoms with Crippen LogP contribution in [0.5, 0.6) is 0 Å². The van der Waals surface area contributed by atoms with Gasteiger partial charge in [0.2, 0.25) is 0 Å². The minimum atomic E-state index is 0.562. The molecule has 0 saturated carbocycles. The monoisotopic (exact) mass is 279 g/mol. The van der Waals surface area contributed by atoms with E-state index in [-0.39, 0.29) is 0 Å². The van der Waals surface area contributed by atoms with E-state index in [1.165, 1.54) is 12.8 Å². The molecule has 1 N–H and O–H groups in total. The van der Waals surface area contributed by atoms with E-state index in [4.69, 9.17) is 0 Å². The van der Waals surface area contributed by atoms with E-state index >= 15 is 0 Å². The molecule has 114 valence electrons. The summed E-state index contributed by atoms with van der Waals surface area (Å²) >= 11 is 0. The largest absolute Gasteiger partial charge is 0.311 e. The van der Waals surface area contributed by atoms with Crippen molar-refractivity contribution >= 4 is 0 Å². The summed E-state index contributed by atoms with van der Waals surface area (Å²) in [6.07, 6.45) is 4.18. The maximum Gasteiger partial charge on any atom is 0.141 e. The van der Waals surface area contributed by atoms with Crippen LogP contribution in [0.4, 0.5) is 0 Å². The van der Waals surface area contributed by atoms with Gasteiger partial charge in [-0.25, -0.2) is 9.67 Å². The molecule has 1 aromatic rings. The van der Waals surface area contributed by atoms with E-state index in [0.717, 1.165) is 32.0 Å². The molecule has 20 heavy (non-hydrogen) atoms. The van der Waals surface area contributed by atoms with Gasteiger partial charge in [0.05, 0.1) is 6.54 Å². The molecule has 0 bridgehead atoms. The Hall–Kier alpha value is -0.940. The van der Waals surface area contributed by atoms with Gasteiger partial charge in [-0.15, -0.1) is 0 Å². The second kappa shape index (κ2) is 7.18. The third-order valence-electron chi connectivity index (χ3n) is 4.00. The summed E-state index contributed by atoms with van der Waals surface area (Å²) in [4.78, 5) is 7.00. The second-order valence-electron chi connectivity index (χ2n) is 6.42. The number of piperazine rings is 1. The number of rotatable bonds is 6. The van der Waals surface area contributed by atoms with Gasteiger partial charge in [-0.2, -0.15) is 5.10 Å². The summed E-state index contributed by atoms with van der Waals surface area (Å²) in [5.41, 5.74) is 0. The number of hydrogen-bond acceptors (Lipinski definition) is 4. The summed E-state index contributed by atoms with van der Waals surface area (Å²) in [5.74, 6) is 1.70. The van der Waals surface area contributed by atoms with E-state index < -0.39 is 0 Å². The highest BCUT2D eigenvalue weighted by atomic mass is 15.4. The van der Waals surface area contributed by atoms with Crippen LogP contribution in [0.25, 0.3) is 0 Å². The highest BCUT2D eigenvalue weighted by Crippen LogP contribution is 2.14. The van der Waals surface area contributed by atoms with Crippen molar-refractivity contribution in [3.8, 4) is 0 Å². The molecule has 5 nitrogen and oxygen atoms in total. The Morgan fingerprint density at radius 1 is 1.45 bits per heavy atom. The van der Waals surface area contributed by atoms with Gasteiger partial charge < -0.3 is 5.32 Å². The summed E-state index contributed by atoms with van der Waals surface area (Å²) in [6, 6.07) is 1.19. The lowest BCUT2D eigenvalue weighted by Gasteiger charge is -2.38. The predicted octanol–water partition coefficient (Wildman–Crippen LogP) is 1.90. The minimum absolute atomic E-state index is 0.562. The average molecular weight is 279 g/mol. The van der Waals surface area contributed by atoms with Crippen LogP contribution in [0.1, 0.15) is 46.4 Å². The quantitative estimate of drug-likeness (QED) is 0.864. The maximum absolute atomic E-state index is 4.46. The van der Waals surface area contributed by atoms with Crippen LogP contribution in [0.15, 0.2) is 6.33 Å². The first-order valence-corrected chi connectivity index (χ1v) is 7.94. The zero-order valence-electron chi connectivity index (χ0n) is 13.3. The normalized spacial score (nSPS) is 24.4. The fourth-order valence-electron chi connectivity index (χ4n) is 2.85. The van der Waals surface area contributed by atoms with Crippen molar-refractivity contribution in [3.05, 3.63) is 12.2 Å². The highest BCUT2D eigenvalue weighted by Gasteiger charge is 2.25. The van der Waals surface area contributed by atoms with E-state index in [9.17, 15) is 0 Å². The third kappa shape index (κ3) is 4.03. The van der Waals surface area contributed by atoms with Crippen molar-refractivity contribution in [1.29, 1.82) is 0 Å². The van der Waals surface area contributed by atoms with Gasteiger partial charge in [-0.1, -0.05) is 27.2 Å². The molecule has 1 aromatic heterocycles. The first-order chi connectivity index (χ1) is 9.60. The molecule has 1 fully saturated rings. The number of aromatic nitrogens is 3. The van der Waals surface area contributed by atoms with E-state index in [1.54, 1.807) is 6.33 Å². The topological polar surface area (TPSA) is 46.0 Å². The fourth-order valence-corrected chi connectivity index (χ4v) is 2.85. The molecule has 0 aliphatic carbocycles. The second-order valence-corrected chi connectivity index (χ2v) is 6.42. The predicted molar refractivity (Wildman–Crippen MR) is 81.4 cm³/mol. The van der Waals surface area contributed by atoms with Crippen LogP contribution >= 0.6 is 0 Å². The van der Waals surface area contributed by atoms with Crippen molar-refractivity contribution in [1.82, 2.24) is 25.0 Å². The van der Waals surface area contributed by atoms with Gasteiger partial charge in [0.1, 0.15) is 12.2 Å². The first kappa shape index (κ1) is 15.4. The Kier molecular flexibility index (Phi) is 5.54. The maximum atomic E-state index is 4.46. The summed E-state index contributed by atoms with van der Waals surface area (Å²) in [5, 5.41) is 8.01. The van der Waals surface area contributed by atoms with Gasteiger partial charge >= 0.3 is 0 Å². The summed E-state index contributed by atoms with van der Waals surface area (Å²) in [6.45, 7) is 13.0. The fraction of sp³-hybridized carbons (Fsp3) is 0.867. The SMILES string of the molecule is CCCC1CN(Cc2ncnn2CC(C)C)C(C)CN1. The molecule has 0 radical (unpaired) electrons. The number of nitrogens with zero attached hydrogens (tertiary/aromatic N) is 4. The van der Waals surface area contributed by atoms with Gasteiger partial charge in [-0.3, -0.25) is 4.90 Å². The van der Waals surface area contributed by atoms with E-state index in [1.807, 2.05) is 0 Å². The first-order valence-electron chi connectivity index (χ1n) is 7.94. The molecule has 0 amide bonds. The van der Waals surface area contributed by atoms with Gasteiger partial charge in [0, 0.05) is 31.7 Å². The minimum Gasteiger partial charge on any atom is -0.311 e. The van der Waals surface area contributed by atoms with Crippen LogP contribution in [0, 0.1) is 5.92 Å². The lowest BCUT2D eigenvalue weighted by Crippen LogP contribution is -2.55. The Morgan fingerprint density at radius 2 is 2.25 bits per heavy atom. The van der Waals surface area contributed by atoms with Crippen molar-refractivity contribution in [2.45, 2.75) is 65.7 Å². The molecule has 0 spiro atoms. The van der Waals surface area contributed by atoms with Crippen LogP contribution in [0.3, 0.4) is 0 Å². The molecular weight excluding hydrogens is 250 g/mol. The lowest BCUT2D eigenvalue weighted by atomic mass is 10.1. The molecule has 2 heterocycles. The van der Waals surface area contributed by atoms with Crippen molar-refractivity contribution in [2.24, 2.45) is 5.92 Å². The molecule has 1 saturated heterocycles. The van der Waals surface area contributed by atoms with Crippen LogP contribution in [0.2, 0.25) is 0 Å². The van der Waals surface area contributed by atoms with E-state index in [0.29, 0.717) is 18.0 Å². The molecule has 2 rings (SSSR count). The molecule has 5 heteroatoms. The Balaban J connectivity index is 1.98. The Morgan fingerprint density at radius 3 is 2.95 bits per heavy atom. The van der Waals surface area contributed by atoms with Gasteiger partial charge in [0.25, 0.3) is 0 Å². The van der Waals surface area contributed by atoms with E-state index in [2.05, 4.69) is 52.7 Å². The van der Waals surface area contributed by atoms with Crippen molar-refractivity contribution in [3.63, 3.8) is 0 Å². The summed E-state index contributed by atoms with van der Waals surface area (Å²) in [7, 11) is 0. The molecule has 0 aromatic carbocycles. The third-order valence-corrected chi connectivity index (χ3v) is 4.00. The molecule has 1 aliphatic rings. The van der Waals surface area contributed by atoms with Crippen molar-refractivity contribution in [2.75, 3.05) is 13.1 Å². The van der Waals surface area contributed by atoms with Crippen molar-refractivity contribution < 1.29 is 0 Å². The standard InChI is InChI=1S/C15H29N5/c1-5-6-14-9-19(13(4)7-16-14)10-15-17-11-18-20(15)8-12(2)3/h11-14,16H,5-10H2,1-4H3. The number of nitrogens with one attached hydrogen (secondary N) is 1. The zero-order valence-corrected chi connectivity index (χ0v) is 13.3. The lowest BCUT2D eigenvalue weighted by molar-refractivity contribution is 0.124. The molecule has 2 unspecified atom stereocenters. The number of hydrogen-bond donors (Lipinski definition) is 1. The van der Waals surface area contributed by atoms with Gasteiger partial charge in [-0.05, 0) is 19.3 Å². The van der Waals surface area contributed by atoms with Gasteiger partial charge in [0.15, 0.2) is 0 Å². The highest BCUT2D eigenvalue weighted by molar-refractivity contribution is 4.90. The van der Waals surface area contributed by atoms with Crippen LogP contribution in [-0.2, 0) is 13.1 Å². The summed E-state index contributed by atoms with van der Waals surface area (Å²) < 4.78 is 2.06. The Labute approximate surface area is 122 Å². The smallest absolute Gasteiger partial charge is 0.141 e. The zero-order chi connectivity index (χ0) is 14.5. The Bertz CT molecular complexity index is 401.